The molecule has 5 aromatic rings. The SMILES string of the molecule is Cc1c(-c2ccccc2)nc2ccccc2c1C(=O)OCc1ccc(Oc2c(Cl)cccc2[N+](=O)[O-])cc1. The van der Waals surface area contributed by atoms with Crippen molar-refractivity contribution in [2.45, 2.75) is 13.5 Å². The summed E-state index contributed by atoms with van der Waals surface area (Å²) in [6.45, 7) is 1.90. The first-order valence-corrected chi connectivity index (χ1v) is 12.1. The van der Waals surface area contributed by atoms with Crippen molar-refractivity contribution in [3.63, 3.8) is 0 Å². The summed E-state index contributed by atoms with van der Waals surface area (Å²) in [7, 11) is 0. The van der Waals surface area contributed by atoms with Gasteiger partial charge < -0.3 is 9.47 Å². The lowest BCUT2D eigenvalue weighted by Crippen LogP contribution is -2.10. The Balaban J connectivity index is 1.37. The molecule has 0 spiro atoms. The molecular formula is C30H21ClN2O5. The van der Waals surface area contributed by atoms with E-state index in [1.54, 1.807) is 24.3 Å². The molecule has 0 atom stereocenters. The lowest BCUT2D eigenvalue weighted by Gasteiger charge is -2.14. The molecule has 7 nitrogen and oxygen atoms in total. The number of pyridine rings is 1. The van der Waals surface area contributed by atoms with Crippen molar-refractivity contribution >= 4 is 34.2 Å². The van der Waals surface area contributed by atoms with E-state index in [0.717, 1.165) is 27.8 Å². The van der Waals surface area contributed by atoms with Gasteiger partial charge >= 0.3 is 11.7 Å². The smallest absolute Gasteiger partial charge is 0.339 e. The summed E-state index contributed by atoms with van der Waals surface area (Å²) in [4.78, 5) is 28.9. The molecule has 1 heterocycles. The molecule has 0 unspecified atom stereocenters. The van der Waals surface area contributed by atoms with Gasteiger partial charge in [-0.25, -0.2) is 9.78 Å². The zero-order valence-corrected chi connectivity index (χ0v) is 21.0. The Morgan fingerprint density at radius 1 is 0.921 bits per heavy atom. The highest BCUT2D eigenvalue weighted by molar-refractivity contribution is 6.32. The van der Waals surface area contributed by atoms with Gasteiger partial charge in [0.2, 0.25) is 5.75 Å². The minimum atomic E-state index is -0.553. The van der Waals surface area contributed by atoms with Crippen LogP contribution in [-0.4, -0.2) is 15.9 Å². The van der Waals surface area contributed by atoms with Gasteiger partial charge in [0.1, 0.15) is 12.4 Å². The van der Waals surface area contributed by atoms with E-state index in [0.29, 0.717) is 16.8 Å². The van der Waals surface area contributed by atoms with Crippen molar-refractivity contribution < 1.29 is 19.2 Å². The molecule has 0 bridgehead atoms. The highest BCUT2D eigenvalue weighted by Gasteiger charge is 2.21. The number of hydrogen-bond acceptors (Lipinski definition) is 6. The summed E-state index contributed by atoms with van der Waals surface area (Å²) in [6.07, 6.45) is 0. The van der Waals surface area contributed by atoms with Crippen molar-refractivity contribution in [2.24, 2.45) is 0 Å². The molecule has 0 aliphatic carbocycles. The molecule has 0 radical (unpaired) electrons. The second-order valence-electron chi connectivity index (χ2n) is 8.51. The number of carbonyl (C=O) groups is 1. The number of carbonyl (C=O) groups excluding carboxylic acids is 1. The second-order valence-corrected chi connectivity index (χ2v) is 8.92. The fourth-order valence-electron chi connectivity index (χ4n) is 4.18. The minimum Gasteiger partial charge on any atom is -0.457 e. The molecule has 0 N–H and O–H groups in total. The minimum absolute atomic E-state index is 0.0299. The number of halogens is 1. The number of rotatable bonds is 7. The van der Waals surface area contributed by atoms with E-state index in [4.69, 9.17) is 26.1 Å². The molecule has 4 aromatic carbocycles. The van der Waals surface area contributed by atoms with E-state index in [1.165, 1.54) is 18.2 Å². The van der Waals surface area contributed by atoms with Gasteiger partial charge in [0, 0.05) is 17.0 Å². The average molecular weight is 525 g/mol. The van der Waals surface area contributed by atoms with Gasteiger partial charge in [-0.1, -0.05) is 78.3 Å². The summed E-state index contributed by atoms with van der Waals surface area (Å²) in [5.41, 5.74) is 4.05. The Labute approximate surface area is 223 Å². The van der Waals surface area contributed by atoms with Crippen LogP contribution < -0.4 is 4.74 Å². The Morgan fingerprint density at radius 2 is 1.63 bits per heavy atom. The van der Waals surface area contributed by atoms with E-state index >= 15 is 0 Å². The lowest BCUT2D eigenvalue weighted by molar-refractivity contribution is -0.385. The lowest BCUT2D eigenvalue weighted by atomic mass is 9.98. The van der Waals surface area contributed by atoms with Crippen LogP contribution >= 0.6 is 11.6 Å². The molecule has 0 saturated carbocycles. The fourth-order valence-corrected chi connectivity index (χ4v) is 4.39. The number of fused-ring (bicyclic) bond motifs is 1. The van der Waals surface area contributed by atoms with Gasteiger partial charge in [-0.15, -0.1) is 0 Å². The van der Waals surface area contributed by atoms with Crippen LogP contribution in [0.4, 0.5) is 5.69 Å². The summed E-state index contributed by atoms with van der Waals surface area (Å²) in [5, 5.41) is 12.2. The average Bonchev–Trinajstić information content (AvgIpc) is 2.93. The molecular weight excluding hydrogens is 504 g/mol. The number of nitro groups is 1. The Morgan fingerprint density at radius 3 is 2.37 bits per heavy atom. The summed E-state index contributed by atoms with van der Waals surface area (Å²) >= 11 is 6.11. The third kappa shape index (κ3) is 5.05. The predicted octanol–water partition coefficient (Wildman–Crippen LogP) is 7.92. The molecule has 0 aliphatic rings. The molecule has 0 aliphatic heterocycles. The molecule has 8 heteroatoms. The molecule has 1 aromatic heterocycles. The van der Waals surface area contributed by atoms with Gasteiger partial charge in [0.05, 0.1) is 26.7 Å². The number of aromatic nitrogens is 1. The van der Waals surface area contributed by atoms with Crippen LogP contribution in [0.5, 0.6) is 11.5 Å². The Hall–Kier alpha value is -4.75. The normalized spacial score (nSPS) is 10.8. The summed E-state index contributed by atoms with van der Waals surface area (Å²) in [5.74, 6) is -0.127. The van der Waals surface area contributed by atoms with E-state index < -0.39 is 10.9 Å². The van der Waals surface area contributed by atoms with Crippen LogP contribution in [-0.2, 0) is 11.3 Å². The van der Waals surface area contributed by atoms with Crippen molar-refractivity contribution in [1.82, 2.24) is 4.98 Å². The highest BCUT2D eigenvalue weighted by atomic mass is 35.5. The van der Waals surface area contributed by atoms with Gasteiger partial charge in [-0.3, -0.25) is 10.1 Å². The van der Waals surface area contributed by atoms with Crippen LogP contribution in [0.25, 0.3) is 22.2 Å². The molecule has 188 valence electrons. The number of hydrogen-bond donors (Lipinski definition) is 0. The van der Waals surface area contributed by atoms with Crippen LogP contribution in [0.2, 0.25) is 5.02 Å². The van der Waals surface area contributed by atoms with E-state index in [2.05, 4.69) is 0 Å². The maximum absolute atomic E-state index is 13.3. The van der Waals surface area contributed by atoms with Crippen molar-refractivity contribution in [2.75, 3.05) is 0 Å². The third-order valence-corrected chi connectivity index (χ3v) is 6.34. The summed E-state index contributed by atoms with van der Waals surface area (Å²) in [6, 6.07) is 28.2. The number of para-hydroxylation sites is 2. The Bertz CT molecular complexity index is 1650. The highest BCUT2D eigenvalue weighted by Crippen LogP contribution is 2.38. The van der Waals surface area contributed by atoms with Gasteiger partial charge in [0.15, 0.2) is 0 Å². The Kier molecular flexibility index (Phi) is 7.02. The van der Waals surface area contributed by atoms with E-state index in [9.17, 15) is 14.9 Å². The van der Waals surface area contributed by atoms with Crippen molar-refractivity contribution in [1.29, 1.82) is 0 Å². The number of ether oxygens (including phenoxy) is 2. The fraction of sp³-hybridized carbons (Fsp3) is 0.0667. The zero-order chi connectivity index (χ0) is 26.6. The number of benzene rings is 4. The van der Waals surface area contributed by atoms with Crippen molar-refractivity contribution in [3.05, 3.63) is 129 Å². The van der Waals surface area contributed by atoms with E-state index in [-0.39, 0.29) is 23.1 Å². The maximum atomic E-state index is 13.3. The van der Waals surface area contributed by atoms with Crippen LogP contribution in [0.1, 0.15) is 21.5 Å². The number of nitro benzene ring substituents is 1. The van der Waals surface area contributed by atoms with E-state index in [1.807, 2.05) is 61.5 Å². The molecule has 5 rings (SSSR count). The first-order valence-electron chi connectivity index (χ1n) is 11.7. The van der Waals surface area contributed by atoms with Crippen LogP contribution in [0.15, 0.2) is 97.1 Å². The van der Waals surface area contributed by atoms with Crippen molar-refractivity contribution in [3.8, 4) is 22.8 Å². The summed E-state index contributed by atoms with van der Waals surface area (Å²) < 4.78 is 11.4. The number of esters is 1. The van der Waals surface area contributed by atoms with Gasteiger partial charge in [-0.2, -0.15) is 0 Å². The number of nitrogens with zero attached hydrogens (tertiary/aromatic N) is 2. The first-order chi connectivity index (χ1) is 18.4. The van der Waals surface area contributed by atoms with Gasteiger partial charge in [0.25, 0.3) is 0 Å². The van der Waals surface area contributed by atoms with Crippen LogP contribution in [0, 0.1) is 17.0 Å². The van der Waals surface area contributed by atoms with Crippen LogP contribution in [0.3, 0.4) is 0 Å². The third-order valence-electron chi connectivity index (χ3n) is 6.04. The zero-order valence-electron chi connectivity index (χ0n) is 20.3. The second kappa shape index (κ2) is 10.7. The predicted molar refractivity (Wildman–Crippen MR) is 146 cm³/mol. The largest absolute Gasteiger partial charge is 0.457 e. The standard InChI is InChI=1S/C30H21ClN2O5/c1-19-27(23-10-5-6-12-25(23)32-28(19)21-8-3-2-4-9-21)30(34)37-18-20-14-16-22(17-15-20)38-29-24(31)11-7-13-26(29)33(35)36/h2-17H,18H2,1H3. The first kappa shape index (κ1) is 24.9. The quantitative estimate of drug-likeness (QED) is 0.122. The maximum Gasteiger partial charge on any atom is 0.339 e. The monoisotopic (exact) mass is 524 g/mol. The molecule has 0 saturated heterocycles. The molecule has 0 amide bonds. The molecule has 38 heavy (non-hydrogen) atoms. The molecule has 0 fully saturated rings. The topological polar surface area (TPSA) is 91.6 Å². The van der Waals surface area contributed by atoms with Gasteiger partial charge in [-0.05, 0) is 42.3 Å².